The maximum atomic E-state index is 9.90. The van der Waals surface area contributed by atoms with Crippen molar-refractivity contribution in [2.75, 3.05) is 93.1 Å². The second-order valence-corrected chi connectivity index (χ2v) is 14.0. The van der Waals surface area contributed by atoms with Gasteiger partial charge in [-0.1, -0.05) is 24.3 Å². The highest BCUT2D eigenvalue weighted by molar-refractivity contribution is 5.94. The Morgan fingerprint density at radius 1 is 0.375 bits per heavy atom. The summed E-state index contributed by atoms with van der Waals surface area (Å²) >= 11 is 0. The standard InChI is InChI=1S/C46H54N6O12/c1-55-33-13-9-29(21-37(33)59-5)25-51(26-30-10-14-34(56-2)38(22-30)60-6)43-41-42(48-45(49-43)63-19-17-53)44(50-46(47-41)64-20-18-54)52(27-31-11-15-35(57-3)39(23-31)61-7)28-32-12-16-36(58-4)40(24-32)62-8/h9-16,21-24,53-54H,17-20,25-28H2,1-8H3. The van der Waals surface area contributed by atoms with Crippen molar-refractivity contribution in [3.8, 4) is 58.0 Å². The third kappa shape index (κ3) is 10.9. The number of nitrogens with zero attached hydrogens (tertiary/aromatic N) is 6. The summed E-state index contributed by atoms with van der Waals surface area (Å²) in [6.45, 7) is 0.317. The van der Waals surface area contributed by atoms with Crippen molar-refractivity contribution >= 4 is 22.7 Å². The lowest BCUT2D eigenvalue weighted by Gasteiger charge is -2.28. The summed E-state index contributed by atoms with van der Waals surface area (Å²) < 4.78 is 56.9. The highest BCUT2D eigenvalue weighted by atomic mass is 16.5. The molecule has 0 fully saturated rings. The monoisotopic (exact) mass is 882 g/mol. The van der Waals surface area contributed by atoms with Crippen molar-refractivity contribution in [1.29, 1.82) is 0 Å². The molecule has 0 aliphatic carbocycles. The number of methoxy groups -OCH3 is 8. The van der Waals surface area contributed by atoms with Gasteiger partial charge in [-0.3, -0.25) is 0 Å². The molecule has 6 aromatic rings. The van der Waals surface area contributed by atoms with E-state index in [0.717, 1.165) is 22.3 Å². The molecule has 0 atom stereocenters. The van der Waals surface area contributed by atoms with Gasteiger partial charge >= 0.3 is 12.0 Å². The van der Waals surface area contributed by atoms with E-state index in [9.17, 15) is 10.2 Å². The second-order valence-electron chi connectivity index (χ2n) is 14.0. The summed E-state index contributed by atoms with van der Waals surface area (Å²) in [5.74, 6) is 5.11. The average Bonchev–Trinajstić information content (AvgIpc) is 3.33. The minimum Gasteiger partial charge on any atom is -0.493 e. The third-order valence-electron chi connectivity index (χ3n) is 10.00. The molecule has 0 amide bonds. The Morgan fingerprint density at radius 3 is 0.875 bits per heavy atom. The van der Waals surface area contributed by atoms with Crippen molar-refractivity contribution in [2.45, 2.75) is 26.2 Å². The van der Waals surface area contributed by atoms with E-state index in [2.05, 4.69) is 0 Å². The molecule has 18 heteroatoms. The topological polar surface area (TPSA) is 191 Å². The van der Waals surface area contributed by atoms with Crippen LogP contribution < -0.4 is 57.2 Å². The van der Waals surface area contributed by atoms with Gasteiger partial charge in [0.05, 0.1) is 70.1 Å². The summed E-state index contributed by atoms with van der Waals surface area (Å²) in [7, 11) is 12.6. The van der Waals surface area contributed by atoms with Crippen LogP contribution in [0.15, 0.2) is 72.8 Å². The highest BCUT2D eigenvalue weighted by Crippen LogP contribution is 2.38. The first-order valence-corrected chi connectivity index (χ1v) is 20.1. The van der Waals surface area contributed by atoms with Gasteiger partial charge < -0.3 is 67.4 Å². The second kappa shape index (κ2) is 22.3. The van der Waals surface area contributed by atoms with E-state index in [4.69, 9.17) is 67.3 Å². The number of aromatic nitrogens is 4. The van der Waals surface area contributed by atoms with E-state index >= 15 is 0 Å². The van der Waals surface area contributed by atoms with Crippen molar-refractivity contribution in [3.05, 3.63) is 95.1 Å². The molecule has 18 nitrogen and oxygen atoms in total. The molecule has 2 N–H and O–H groups in total. The minimum atomic E-state index is -0.292. The fourth-order valence-corrected chi connectivity index (χ4v) is 7.00. The van der Waals surface area contributed by atoms with Gasteiger partial charge in [-0.05, 0) is 70.8 Å². The van der Waals surface area contributed by atoms with Crippen LogP contribution in [-0.2, 0) is 26.2 Å². The summed E-state index contributed by atoms with van der Waals surface area (Å²) in [6.07, 6.45) is 0. The van der Waals surface area contributed by atoms with Gasteiger partial charge in [0.25, 0.3) is 0 Å². The first-order chi connectivity index (χ1) is 31.2. The normalized spacial score (nSPS) is 10.8. The summed E-state index contributed by atoms with van der Waals surface area (Å²) in [5, 5.41) is 19.8. The lowest BCUT2D eigenvalue weighted by atomic mass is 10.1. The molecule has 340 valence electrons. The fourth-order valence-electron chi connectivity index (χ4n) is 7.00. The molecule has 4 aromatic carbocycles. The van der Waals surface area contributed by atoms with Crippen LogP contribution in [-0.4, -0.2) is 113 Å². The van der Waals surface area contributed by atoms with Crippen molar-refractivity contribution < 1.29 is 57.6 Å². The number of hydrogen-bond donors (Lipinski definition) is 2. The number of ether oxygens (including phenoxy) is 10. The van der Waals surface area contributed by atoms with E-state index in [1.165, 1.54) is 0 Å². The molecule has 2 aromatic heterocycles. The molecule has 0 saturated heterocycles. The molecule has 6 rings (SSSR count). The van der Waals surface area contributed by atoms with Crippen LogP contribution in [0.4, 0.5) is 11.6 Å². The summed E-state index contributed by atoms with van der Waals surface area (Å²) in [5.41, 5.74) is 3.99. The van der Waals surface area contributed by atoms with Gasteiger partial charge in [0.2, 0.25) is 0 Å². The first kappa shape index (κ1) is 46.3. The molecule has 0 aliphatic rings. The maximum Gasteiger partial charge on any atom is 0.319 e. The molecule has 64 heavy (non-hydrogen) atoms. The van der Waals surface area contributed by atoms with Gasteiger partial charge in [0.1, 0.15) is 24.2 Å². The lowest BCUT2D eigenvalue weighted by Crippen LogP contribution is -2.27. The van der Waals surface area contributed by atoms with E-state index < -0.39 is 0 Å². The number of aliphatic hydroxyl groups is 2. The number of rotatable bonds is 24. The van der Waals surface area contributed by atoms with Crippen LogP contribution in [0.25, 0.3) is 11.0 Å². The van der Waals surface area contributed by atoms with E-state index in [0.29, 0.717) is 68.7 Å². The Bertz CT molecular complexity index is 2210. The number of benzene rings is 4. The SMILES string of the molecule is COc1ccc(CN(Cc2ccc(OC)c(OC)c2)c2nc(OCCO)nc3c(N(Cc4ccc(OC)c(OC)c4)Cc4ccc(OC)c(OC)c4)nc(OCCO)nc23)cc1OC. The molecule has 0 aliphatic heterocycles. The molecular formula is C46H54N6O12. The van der Waals surface area contributed by atoms with Crippen molar-refractivity contribution in [1.82, 2.24) is 19.9 Å². The molecule has 0 unspecified atom stereocenters. The number of fused-ring (bicyclic) bond motifs is 1. The molecule has 0 spiro atoms. The number of hydrogen-bond acceptors (Lipinski definition) is 18. The van der Waals surface area contributed by atoms with Gasteiger partial charge in [-0.2, -0.15) is 19.9 Å². The Kier molecular flexibility index (Phi) is 16.1. The number of aliphatic hydroxyl groups excluding tert-OH is 2. The summed E-state index contributed by atoms with van der Waals surface area (Å²) in [6, 6.07) is 22.5. The Morgan fingerprint density at radius 2 is 0.641 bits per heavy atom. The Balaban J connectivity index is 1.63. The minimum absolute atomic E-state index is 0.0350. The Hall–Kier alpha value is -7.18. The van der Waals surface area contributed by atoms with Gasteiger partial charge in [0, 0.05) is 26.2 Å². The quantitative estimate of drug-likeness (QED) is 0.0758. The molecule has 2 heterocycles. The van der Waals surface area contributed by atoms with Crippen LogP contribution >= 0.6 is 0 Å². The molecule has 0 radical (unpaired) electrons. The van der Waals surface area contributed by atoms with E-state index in [1.54, 1.807) is 56.9 Å². The third-order valence-corrected chi connectivity index (χ3v) is 10.00. The fraction of sp³-hybridized carbons (Fsp3) is 0.348. The zero-order chi connectivity index (χ0) is 45.6. The largest absolute Gasteiger partial charge is 0.493 e. The zero-order valence-electron chi connectivity index (χ0n) is 37.2. The summed E-state index contributed by atoms with van der Waals surface area (Å²) in [4.78, 5) is 23.7. The van der Waals surface area contributed by atoms with E-state index in [-0.39, 0.29) is 64.6 Å². The van der Waals surface area contributed by atoms with Crippen LogP contribution in [0, 0.1) is 0 Å². The zero-order valence-corrected chi connectivity index (χ0v) is 37.2. The van der Waals surface area contributed by atoms with Crippen molar-refractivity contribution in [2.24, 2.45) is 0 Å². The van der Waals surface area contributed by atoms with Gasteiger partial charge in [0.15, 0.2) is 57.6 Å². The maximum absolute atomic E-state index is 9.90. The van der Waals surface area contributed by atoms with Crippen LogP contribution in [0.1, 0.15) is 22.3 Å². The first-order valence-electron chi connectivity index (χ1n) is 20.1. The highest BCUT2D eigenvalue weighted by Gasteiger charge is 2.26. The lowest BCUT2D eigenvalue weighted by molar-refractivity contribution is 0.191. The van der Waals surface area contributed by atoms with Crippen LogP contribution in [0.3, 0.4) is 0 Å². The average molecular weight is 883 g/mol. The van der Waals surface area contributed by atoms with E-state index in [1.807, 2.05) is 82.6 Å². The van der Waals surface area contributed by atoms with Gasteiger partial charge in [-0.15, -0.1) is 0 Å². The van der Waals surface area contributed by atoms with Crippen LogP contribution in [0.5, 0.6) is 58.0 Å². The Labute approximate surface area is 371 Å². The smallest absolute Gasteiger partial charge is 0.319 e. The number of anilines is 2. The predicted molar refractivity (Wildman–Crippen MR) is 238 cm³/mol. The molecule has 0 bridgehead atoms. The van der Waals surface area contributed by atoms with Crippen molar-refractivity contribution in [3.63, 3.8) is 0 Å². The van der Waals surface area contributed by atoms with Crippen LogP contribution in [0.2, 0.25) is 0 Å². The molecular weight excluding hydrogens is 829 g/mol. The van der Waals surface area contributed by atoms with Gasteiger partial charge in [-0.25, -0.2) is 0 Å². The predicted octanol–water partition coefficient (Wildman–Crippen LogP) is 5.64. The molecule has 0 saturated carbocycles.